The Hall–Kier alpha value is -0.320. The Balaban J connectivity index is 0.00000121. The van der Waals surface area contributed by atoms with Crippen molar-refractivity contribution in [3.63, 3.8) is 0 Å². The van der Waals surface area contributed by atoms with Crippen LogP contribution in [0.4, 0.5) is 0 Å². The quantitative estimate of drug-likeness (QED) is 0.571. The van der Waals surface area contributed by atoms with Crippen molar-refractivity contribution in [2.45, 2.75) is 6.04 Å². The third-order valence-electron chi connectivity index (χ3n) is 1.98. The molecule has 0 aromatic rings. The topological polar surface area (TPSA) is 41.6 Å². The summed E-state index contributed by atoms with van der Waals surface area (Å²) in [6.07, 6.45) is 0. The van der Waals surface area contributed by atoms with Crippen molar-refractivity contribution >= 4 is 18.4 Å². The third kappa shape index (κ3) is 2.62. The molecule has 1 N–H and O–H groups in total. The van der Waals surface area contributed by atoms with Gasteiger partial charge in [-0.1, -0.05) is 0 Å². The van der Waals surface area contributed by atoms with Gasteiger partial charge >= 0.3 is 5.97 Å². The van der Waals surface area contributed by atoms with Gasteiger partial charge in [0.1, 0.15) is 6.04 Å². The maximum Gasteiger partial charge on any atom is 0.324 e. The van der Waals surface area contributed by atoms with Crippen LogP contribution >= 0.6 is 12.4 Å². The summed E-state index contributed by atoms with van der Waals surface area (Å²) in [7, 11) is 3.35. The standard InChI is InChI=1S/C7H14N2O2.ClH/c1-9-4-3-8-5-6(9)7(10)11-2;/h6,8H,3-5H2,1-2H3;1H. The van der Waals surface area contributed by atoms with Gasteiger partial charge in [0.15, 0.2) is 0 Å². The smallest absolute Gasteiger partial charge is 0.324 e. The van der Waals surface area contributed by atoms with Crippen LogP contribution in [0, 0.1) is 0 Å². The van der Waals surface area contributed by atoms with Crippen LogP contribution in [0.5, 0.6) is 0 Å². The van der Waals surface area contributed by atoms with Crippen LogP contribution in [0.15, 0.2) is 0 Å². The van der Waals surface area contributed by atoms with Crippen LogP contribution in [0.1, 0.15) is 0 Å². The van der Waals surface area contributed by atoms with Crippen molar-refractivity contribution in [1.82, 2.24) is 10.2 Å². The van der Waals surface area contributed by atoms with Gasteiger partial charge in [0.2, 0.25) is 0 Å². The Morgan fingerprint density at radius 3 is 2.83 bits per heavy atom. The van der Waals surface area contributed by atoms with Crippen LogP contribution in [-0.2, 0) is 9.53 Å². The highest BCUT2D eigenvalue weighted by atomic mass is 35.5. The van der Waals surface area contributed by atoms with Gasteiger partial charge < -0.3 is 10.1 Å². The fourth-order valence-electron chi connectivity index (χ4n) is 1.21. The first kappa shape index (κ1) is 11.7. The summed E-state index contributed by atoms with van der Waals surface area (Å²) in [4.78, 5) is 13.1. The third-order valence-corrected chi connectivity index (χ3v) is 1.98. The summed E-state index contributed by atoms with van der Waals surface area (Å²) in [5.41, 5.74) is 0. The van der Waals surface area contributed by atoms with Crippen LogP contribution < -0.4 is 5.32 Å². The lowest BCUT2D eigenvalue weighted by Gasteiger charge is -2.30. The molecular formula is C7H15ClN2O2. The van der Waals surface area contributed by atoms with Crippen molar-refractivity contribution in [1.29, 1.82) is 0 Å². The monoisotopic (exact) mass is 194 g/mol. The Bertz CT molecular complexity index is 154. The summed E-state index contributed by atoms with van der Waals surface area (Å²) < 4.78 is 4.64. The number of piperazine rings is 1. The van der Waals surface area contributed by atoms with Crippen molar-refractivity contribution in [2.24, 2.45) is 0 Å². The van der Waals surface area contributed by atoms with E-state index in [4.69, 9.17) is 0 Å². The summed E-state index contributed by atoms with van der Waals surface area (Å²) in [6.45, 7) is 2.55. The van der Waals surface area contributed by atoms with E-state index in [0.717, 1.165) is 13.1 Å². The zero-order valence-electron chi connectivity index (χ0n) is 7.37. The first-order chi connectivity index (χ1) is 5.25. The van der Waals surface area contributed by atoms with Gasteiger partial charge in [-0.15, -0.1) is 12.4 Å². The number of rotatable bonds is 1. The van der Waals surface area contributed by atoms with E-state index in [0.29, 0.717) is 6.54 Å². The second-order valence-corrected chi connectivity index (χ2v) is 2.72. The zero-order valence-corrected chi connectivity index (χ0v) is 8.19. The fourth-order valence-corrected chi connectivity index (χ4v) is 1.21. The normalized spacial score (nSPS) is 24.3. The SMILES string of the molecule is COC(=O)C1CNCCN1C.Cl. The van der Waals surface area contributed by atoms with Crippen molar-refractivity contribution in [2.75, 3.05) is 33.8 Å². The number of carbonyl (C=O) groups excluding carboxylic acids is 1. The maximum atomic E-state index is 11.1. The molecule has 1 atom stereocenters. The Morgan fingerprint density at radius 2 is 2.33 bits per heavy atom. The minimum atomic E-state index is -0.153. The van der Waals surface area contributed by atoms with E-state index >= 15 is 0 Å². The molecule has 1 saturated heterocycles. The van der Waals surface area contributed by atoms with Gasteiger partial charge in [-0.3, -0.25) is 9.69 Å². The molecule has 5 heteroatoms. The number of ether oxygens (including phenoxy) is 1. The number of nitrogens with zero attached hydrogens (tertiary/aromatic N) is 1. The molecule has 0 amide bonds. The van der Waals surface area contributed by atoms with E-state index in [-0.39, 0.29) is 24.4 Å². The molecule has 0 radical (unpaired) electrons. The van der Waals surface area contributed by atoms with Gasteiger partial charge in [-0.05, 0) is 7.05 Å². The van der Waals surface area contributed by atoms with Gasteiger partial charge in [-0.2, -0.15) is 0 Å². The first-order valence-corrected chi connectivity index (χ1v) is 3.74. The van der Waals surface area contributed by atoms with E-state index < -0.39 is 0 Å². The number of esters is 1. The first-order valence-electron chi connectivity index (χ1n) is 3.74. The van der Waals surface area contributed by atoms with Crippen LogP contribution in [0.3, 0.4) is 0 Å². The highest BCUT2D eigenvalue weighted by Crippen LogP contribution is 2.00. The van der Waals surface area contributed by atoms with Crippen LogP contribution in [0.25, 0.3) is 0 Å². The Morgan fingerprint density at radius 1 is 1.67 bits per heavy atom. The number of nitrogens with one attached hydrogen (secondary N) is 1. The second-order valence-electron chi connectivity index (χ2n) is 2.72. The largest absolute Gasteiger partial charge is 0.468 e. The van der Waals surface area contributed by atoms with Crippen LogP contribution in [0.2, 0.25) is 0 Å². The average Bonchev–Trinajstić information content (AvgIpc) is 2.04. The van der Waals surface area contributed by atoms with Gasteiger partial charge in [0.05, 0.1) is 7.11 Å². The molecule has 1 aliphatic heterocycles. The molecule has 1 heterocycles. The lowest BCUT2D eigenvalue weighted by molar-refractivity contribution is -0.146. The number of carbonyl (C=O) groups is 1. The minimum absolute atomic E-state index is 0. The van der Waals surface area contributed by atoms with Gasteiger partial charge in [0, 0.05) is 19.6 Å². The van der Waals surface area contributed by atoms with E-state index in [1.165, 1.54) is 7.11 Å². The van der Waals surface area contributed by atoms with Crippen molar-refractivity contribution < 1.29 is 9.53 Å². The minimum Gasteiger partial charge on any atom is -0.468 e. The molecule has 1 unspecified atom stereocenters. The summed E-state index contributed by atoms with van der Waals surface area (Å²) >= 11 is 0. The van der Waals surface area contributed by atoms with E-state index in [2.05, 4.69) is 10.1 Å². The summed E-state index contributed by atoms with van der Waals surface area (Å²) in [5, 5.41) is 3.14. The number of likely N-dealkylation sites (N-methyl/N-ethyl adjacent to an activating group) is 1. The van der Waals surface area contributed by atoms with Crippen molar-refractivity contribution in [3.8, 4) is 0 Å². The molecule has 1 aliphatic rings. The molecule has 0 bridgehead atoms. The maximum absolute atomic E-state index is 11.1. The number of hydrogen-bond acceptors (Lipinski definition) is 4. The number of hydrogen-bond donors (Lipinski definition) is 1. The summed E-state index contributed by atoms with van der Waals surface area (Å²) in [5.74, 6) is -0.153. The van der Waals surface area contributed by atoms with E-state index in [9.17, 15) is 4.79 Å². The molecule has 0 aromatic carbocycles. The molecule has 4 nitrogen and oxygen atoms in total. The molecule has 0 spiro atoms. The second kappa shape index (κ2) is 5.35. The highest BCUT2D eigenvalue weighted by molar-refractivity contribution is 5.85. The molecule has 72 valence electrons. The number of halogens is 1. The highest BCUT2D eigenvalue weighted by Gasteiger charge is 2.25. The lowest BCUT2D eigenvalue weighted by atomic mass is 10.2. The molecule has 0 aliphatic carbocycles. The molecular weight excluding hydrogens is 180 g/mol. The molecule has 0 aromatic heterocycles. The fraction of sp³-hybridized carbons (Fsp3) is 0.857. The zero-order chi connectivity index (χ0) is 8.27. The predicted molar refractivity (Wildman–Crippen MR) is 48.6 cm³/mol. The Labute approximate surface area is 78.7 Å². The van der Waals surface area contributed by atoms with Gasteiger partial charge in [0.25, 0.3) is 0 Å². The van der Waals surface area contributed by atoms with Gasteiger partial charge in [-0.25, -0.2) is 0 Å². The average molecular weight is 195 g/mol. The van der Waals surface area contributed by atoms with Crippen LogP contribution in [-0.4, -0.2) is 50.7 Å². The molecule has 12 heavy (non-hydrogen) atoms. The van der Waals surface area contributed by atoms with Crippen molar-refractivity contribution in [3.05, 3.63) is 0 Å². The van der Waals surface area contributed by atoms with E-state index in [1.54, 1.807) is 0 Å². The Kier molecular flexibility index (Phi) is 5.20. The summed E-state index contributed by atoms with van der Waals surface area (Å²) in [6, 6.07) is -0.103. The predicted octanol–water partition coefficient (Wildman–Crippen LogP) is -0.515. The molecule has 0 saturated carbocycles. The molecule has 1 fully saturated rings. The van der Waals surface area contributed by atoms with E-state index in [1.807, 2.05) is 11.9 Å². The number of methoxy groups -OCH3 is 1. The lowest BCUT2D eigenvalue weighted by Crippen LogP contribution is -2.53. The molecule has 1 rings (SSSR count).